The Labute approximate surface area is 125 Å². The first kappa shape index (κ1) is 11.7. The predicted octanol–water partition coefficient (Wildman–Crippen LogP) is 3.41. The largest absolute Gasteiger partial charge is 0.324 e. The highest BCUT2D eigenvalue weighted by molar-refractivity contribution is 6.04. The summed E-state index contributed by atoms with van der Waals surface area (Å²) in [5.74, 6) is 0.645. The Balaban J connectivity index is 2.06. The molecule has 3 heterocycles. The third-order valence-electron chi connectivity index (χ3n) is 4.16. The topological polar surface area (TPSA) is 48.0 Å². The molecule has 0 N–H and O–H groups in total. The van der Waals surface area contributed by atoms with Crippen molar-refractivity contribution in [1.82, 2.24) is 24.1 Å². The Kier molecular flexibility index (Phi) is 2.14. The van der Waals surface area contributed by atoms with Gasteiger partial charge in [0.2, 0.25) is 0 Å². The molecule has 0 spiro atoms. The van der Waals surface area contributed by atoms with Gasteiger partial charge in [0, 0.05) is 11.9 Å². The third-order valence-corrected chi connectivity index (χ3v) is 4.16. The summed E-state index contributed by atoms with van der Waals surface area (Å²) in [6.45, 7) is 2.98. The average Bonchev–Trinajstić information content (AvgIpc) is 3.07. The number of benzene rings is 2. The summed E-state index contributed by atoms with van der Waals surface area (Å²) in [6.07, 6.45) is 0. The van der Waals surface area contributed by atoms with E-state index >= 15 is 0 Å². The molecule has 0 aliphatic carbocycles. The maximum absolute atomic E-state index is 4.83. The quantitative estimate of drug-likeness (QED) is 0.474. The molecular formula is C17H13N5. The number of hydrogen-bond acceptors (Lipinski definition) is 3. The van der Waals surface area contributed by atoms with Gasteiger partial charge in [-0.05, 0) is 25.1 Å². The minimum atomic E-state index is 0.645. The minimum Gasteiger partial charge on any atom is -0.324 e. The van der Waals surface area contributed by atoms with Crippen molar-refractivity contribution in [2.24, 2.45) is 0 Å². The summed E-state index contributed by atoms with van der Waals surface area (Å²) in [6, 6.07) is 16.3. The van der Waals surface area contributed by atoms with Crippen molar-refractivity contribution in [3.63, 3.8) is 0 Å². The van der Waals surface area contributed by atoms with Crippen LogP contribution in [-0.2, 0) is 6.54 Å². The zero-order chi connectivity index (χ0) is 14.7. The Hall–Kier alpha value is -2.95. The average molecular weight is 287 g/mol. The van der Waals surface area contributed by atoms with Crippen LogP contribution in [0.1, 0.15) is 6.92 Å². The van der Waals surface area contributed by atoms with E-state index in [9.17, 15) is 0 Å². The van der Waals surface area contributed by atoms with Crippen molar-refractivity contribution < 1.29 is 0 Å². The molecule has 2 aromatic carbocycles. The molecule has 22 heavy (non-hydrogen) atoms. The van der Waals surface area contributed by atoms with Crippen LogP contribution in [0.15, 0.2) is 48.5 Å². The van der Waals surface area contributed by atoms with Crippen molar-refractivity contribution in [2.75, 3.05) is 0 Å². The smallest absolute Gasteiger partial charge is 0.253 e. The molecular weight excluding hydrogens is 274 g/mol. The molecule has 0 amide bonds. The monoisotopic (exact) mass is 287 g/mol. The second-order valence-electron chi connectivity index (χ2n) is 5.36. The fourth-order valence-corrected chi connectivity index (χ4v) is 3.17. The van der Waals surface area contributed by atoms with E-state index in [4.69, 9.17) is 10.1 Å². The van der Waals surface area contributed by atoms with Gasteiger partial charge in [-0.15, -0.1) is 0 Å². The maximum Gasteiger partial charge on any atom is 0.253 e. The van der Waals surface area contributed by atoms with E-state index in [0.29, 0.717) is 5.78 Å². The first-order chi connectivity index (χ1) is 10.9. The van der Waals surface area contributed by atoms with E-state index in [-0.39, 0.29) is 0 Å². The van der Waals surface area contributed by atoms with Gasteiger partial charge >= 0.3 is 0 Å². The number of para-hydroxylation sites is 3. The summed E-state index contributed by atoms with van der Waals surface area (Å²) in [4.78, 5) is 9.36. The Morgan fingerprint density at radius 1 is 0.909 bits per heavy atom. The molecule has 0 saturated carbocycles. The van der Waals surface area contributed by atoms with Crippen molar-refractivity contribution in [1.29, 1.82) is 0 Å². The van der Waals surface area contributed by atoms with Gasteiger partial charge in [-0.3, -0.25) is 0 Å². The Morgan fingerprint density at radius 3 is 2.55 bits per heavy atom. The third kappa shape index (κ3) is 1.35. The second-order valence-corrected chi connectivity index (χ2v) is 5.36. The molecule has 0 saturated heterocycles. The van der Waals surface area contributed by atoms with E-state index in [2.05, 4.69) is 28.6 Å². The Bertz CT molecular complexity index is 1170. The van der Waals surface area contributed by atoms with Gasteiger partial charge in [0.15, 0.2) is 5.65 Å². The van der Waals surface area contributed by atoms with Crippen LogP contribution in [0.4, 0.5) is 0 Å². The summed E-state index contributed by atoms with van der Waals surface area (Å²) in [5.41, 5.74) is 4.89. The maximum atomic E-state index is 4.83. The molecule has 0 aliphatic heterocycles. The van der Waals surface area contributed by atoms with E-state index in [1.165, 1.54) is 0 Å². The number of aryl methyl sites for hydroxylation is 1. The van der Waals surface area contributed by atoms with Crippen LogP contribution in [0.3, 0.4) is 0 Å². The van der Waals surface area contributed by atoms with E-state index in [0.717, 1.165) is 39.6 Å². The second kappa shape index (κ2) is 4.04. The van der Waals surface area contributed by atoms with Crippen LogP contribution in [0.5, 0.6) is 0 Å². The highest BCUT2D eigenvalue weighted by Gasteiger charge is 2.15. The van der Waals surface area contributed by atoms with Gasteiger partial charge in [-0.25, -0.2) is 4.98 Å². The minimum absolute atomic E-state index is 0.645. The number of fused-ring (bicyclic) bond motifs is 6. The first-order valence-corrected chi connectivity index (χ1v) is 7.39. The Morgan fingerprint density at radius 2 is 1.68 bits per heavy atom. The lowest BCUT2D eigenvalue weighted by Gasteiger charge is -2.01. The molecule has 3 aromatic heterocycles. The fraction of sp³-hybridized carbons (Fsp3) is 0.118. The molecule has 106 valence electrons. The predicted molar refractivity (Wildman–Crippen MR) is 87.0 cm³/mol. The van der Waals surface area contributed by atoms with Crippen molar-refractivity contribution in [3.05, 3.63) is 48.5 Å². The molecule has 5 rings (SSSR count). The van der Waals surface area contributed by atoms with Gasteiger partial charge in [-0.1, -0.05) is 30.3 Å². The van der Waals surface area contributed by atoms with Gasteiger partial charge < -0.3 is 4.57 Å². The zero-order valence-electron chi connectivity index (χ0n) is 12.1. The van der Waals surface area contributed by atoms with Gasteiger partial charge in [0.1, 0.15) is 5.52 Å². The van der Waals surface area contributed by atoms with E-state index < -0.39 is 0 Å². The summed E-state index contributed by atoms with van der Waals surface area (Å²) in [5, 5.41) is 5.96. The van der Waals surface area contributed by atoms with Crippen molar-refractivity contribution in [2.45, 2.75) is 13.5 Å². The van der Waals surface area contributed by atoms with Crippen molar-refractivity contribution >= 4 is 38.9 Å². The highest BCUT2D eigenvalue weighted by atomic mass is 15.3. The van der Waals surface area contributed by atoms with Gasteiger partial charge in [0.05, 0.1) is 16.6 Å². The summed E-state index contributed by atoms with van der Waals surface area (Å²) in [7, 11) is 0. The molecule has 0 unspecified atom stereocenters. The van der Waals surface area contributed by atoms with Crippen LogP contribution in [-0.4, -0.2) is 24.1 Å². The van der Waals surface area contributed by atoms with Crippen molar-refractivity contribution in [3.8, 4) is 0 Å². The first-order valence-electron chi connectivity index (χ1n) is 7.39. The molecule has 0 fully saturated rings. The van der Waals surface area contributed by atoms with Gasteiger partial charge in [-0.2, -0.15) is 14.6 Å². The van der Waals surface area contributed by atoms with Crippen LogP contribution >= 0.6 is 0 Å². The normalized spacial score (nSPS) is 12.0. The van der Waals surface area contributed by atoms with Crippen LogP contribution in [0.25, 0.3) is 38.9 Å². The molecule has 5 nitrogen and oxygen atoms in total. The lowest BCUT2D eigenvalue weighted by atomic mass is 10.2. The molecule has 0 radical (unpaired) electrons. The number of rotatable bonds is 1. The molecule has 5 heteroatoms. The van der Waals surface area contributed by atoms with Crippen LogP contribution in [0, 0.1) is 0 Å². The van der Waals surface area contributed by atoms with E-state index in [1.54, 1.807) is 0 Å². The fourth-order valence-electron chi connectivity index (χ4n) is 3.17. The molecule has 0 atom stereocenters. The summed E-state index contributed by atoms with van der Waals surface area (Å²) >= 11 is 0. The lowest BCUT2D eigenvalue weighted by Crippen LogP contribution is -1.99. The van der Waals surface area contributed by atoms with Crippen LogP contribution in [0.2, 0.25) is 0 Å². The van der Waals surface area contributed by atoms with Crippen LogP contribution < -0.4 is 0 Å². The number of imidazole rings is 1. The zero-order valence-corrected chi connectivity index (χ0v) is 12.1. The standard InChI is InChI=1S/C17H13N5/c1-2-21-13-9-5-3-7-11(13)15-16(21)19-17-18-12-8-4-6-10-14(12)22(17)20-15/h3-10H,2H2,1H3. The molecule has 0 bridgehead atoms. The lowest BCUT2D eigenvalue weighted by molar-refractivity contribution is 0.811. The highest BCUT2D eigenvalue weighted by Crippen LogP contribution is 2.27. The number of hydrogen-bond donors (Lipinski definition) is 0. The number of aromatic nitrogens is 5. The van der Waals surface area contributed by atoms with Gasteiger partial charge in [0.25, 0.3) is 5.78 Å². The summed E-state index contributed by atoms with van der Waals surface area (Å²) < 4.78 is 4.03. The number of nitrogens with zero attached hydrogens (tertiary/aromatic N) is 5. The van der Waals surface area contributed by atoms with E-state index in [1.807, 2.05) is 40.9 Å². The SMILES string of the molecule is CCn1c2ccccc2c2nn3c(nc4ccccc43)nc21. The molecule has 0 aliphatic rings. The molecule has 5 aromatic rings.